The van der Waals surface area contributed by atoms with Gasteiger partial charge in [0.2, 0.25) is 5.24 Å². The molecule has 1 rings (SSSR count). The highest BCUT2D eigenvalue weighted by Crippen LogP contribution is 2.18. The van der Waals surface area contributed by atoms with E-state index in [2.05, 4.69) is 0 Å². The predicted molar refractivity (Wildman–Crippen MR) is 43.2 cm³/mol. The van der Waals surface area contributed by atoms with Crippen LogP contribution in [0, 0.1) is 16.0 Å². The van der Waals surface area contributed by atoms with E-state index in [-0.39, 0.29) is 5.70 Å². The summed E-state index contributed by atoms with van der Waals surface area (Å²) in [6, 6.07) is 0. The van der Waals surface area contributed by atoms with Gasteiger partial charge in [-0.1, -0.05) is 6.08 Å². The van der Waals surface area contributed by atoms with E-state index in [4.69, 9.17) is 11.6 Å². The molecule has 1 aliphatic rings. The van der Waals surface area contributed by atoms with Crippen molar-refractivity contribution in [1.29, 1.82) is 0 Å². The fourth-order valence-corrected chi connectivity index (χ4v) is 1.07. The van der Waals surface area contributed by atoms with Crippen LogP contribution in [-0.4, -0.2) is 10.2 Å². The molecule has 0 aromatic heterocycles. The SMILES string of the molecule is O=C(Cl)C1C=CC([N+](=O)[O-])=CC1. The van der Waals surface area contributed by atoms with Gasteiger partial charge < -0.3 is 0 Å². The summed E-state index contributed by atoms with van der Waals surface area (Å²) in [6.45, 7) is 0. The zero-order valence-electron chi connectivity index (χ0n) is 6.07. The maximum absolute atomic E-state index is 10.6. The number of hydrogen-bond donors (Lipinski definition) is 0. The van der Waals surface area contributed by atoms with Gasteiger partial charge in [0.15, 0.2) is 0 Å². The van der Waals surface area contributed by atoms with Gasteiger partial charge >= 0.3 is 0 Å². The minimum Gasteiger partial charge on any atom is -0.281 e. The van der Waals surface area contributed by atoms with Crippen molar-refractivity contribution in [3.63, 3.8) is 0 Å². The molecule has 0 aromatic rings. The molecule has 0 saturated carbocycles. The van der Waals surface area contributed by atoms with Gasteiger partial charge in [-0.15, -0.1) is 0 Å². The number of carbonyl (C=O) groups is 1. The minimum atomic E-state index is -0.495. The number of nitrogens with zero attached hydrogens (tertiary/aromatic N) is 1. The number of carbonyl (C=O) groups excluding carboxylic acids is 1. The van der Waals surface area contributed by atoms with Gasteiger partial charge in [-0.2, -0.15) is 0 Å². The molecule has 0 fully saturated rings. The predicted octanol–water partition coefficient (Wildman–Crippen LogP) is 1.49. The van der Waals surface area contributed by atoms with Crippen molar-refractivity contribution in [2.45, 2.75) is 6.42 Å². The Morgan fingerprint density at radius 1 is 1.75 bits per heavy atom. The van der Waals surface area contributed by atoms with Crippen LogP contribution >= 0.6 is 11.6 Å². The van der Waals surface area contributed by atoms with E-state index in [1.165, 1.54) is 18.2 Å². The van der Waals surface area contributed by atoms with Crippen molar-refractivity contribution >= 4 is 16.8 Å². The van der Waals surface area contributed by atoms with Gasteiger partial charge in [-0.25, -0.2) is 0 Å². The highest BCUT2D eigenvalue weighted by Gasteiger charge is 2.18. The molecule has 12 heavy (non-hydrogen) atoms. The summed E-state index contributed by atoms with van der Waals surface area (Å²) in [6.07, 6.45) is 4.46. The Kier molecular flexibility index (Phi) is 2.60. The van der Waals surface area contributed by atoms with E-state index < -0.39 is 16.1 Å². The highest BCUT2D eigenvalue weighted by atomic mass is 35.5. The summed E-state index contributed by atoms with van der Waals surface area (Å²) >= 11 is 5.19. The van der Waals surface area contributed by atoms with E-state index in [1.54, 1.807) is 0 Å². The Hall–Kier alpha value is -1.16. The van der Waals surface area contributed by atoms with E-state index in [1.807, 2.05) is 0 Å². The lowest BCUT2D eigenvalue weighted by atomic mass is 10.0. The Balaban J connectivity index is 2.68. The molecule has 0 heterocycles. The lowest BCUT2D eigenvalue weighted by Gasteiger charge is -2.06. The number of halogens is 1. The first kappa shape index (κ1) is 8.93. The molecule has 0 amide bonds. The second-order valence-corrected chi connectivity index (χ2v) is 2.76. The Morgan fingerprint density at radius 2 is 2.42 bits per heavy atom. The summed E-state index contributed by atoms with van der Waals surface area (Å²) < 4.78 is 0. The van der Waals surface area contributed by atoms with Gasteiger partial charge in [-0.3, -0.25) is 14.9 Å². The molecular weight excluding hydrogens is 182 g/mol. The maximum Gasteiger partial charge on any atom is 0.265 e. The fourth-order valence-electron chi connectivity index (χ4n) is 0.913. The third kappa shape index (κ3) is 1.92. The number of hydrogen-bond acceptors (Lipinski definition) is 3. The standard InChI is InChI=1S/C7H6ClNO3/c8-7(10)5-1-3-6(4-2-5)9(11)12/h1,3-5H,2H2. The highest BCUT2D eigenvalue weighted by molar-refractivity contribution is 6.64. The van der Waals surface area contributed by atoms with Crippen molar-refractivity contribution in [3.8, 4) is 0 Å². The zero-order chi connectivity index (χ0) is 9.14. The van der Waals surface area contributed by atoms with E-state index in [9.17, 15) is 14.9 Å². The number of rotatable bonds is 2. The third-order valence-electron chi connectivity index (χ3n) is 1.58. The van der Waals surface area contributed by atoms with Gasteiger partial charge in [0.1, 0.15) is 0 Å². The Morgan fingerprint density at radius 3 is 2.75 bits per heavy atom. The molecule has 1 aliphatic carbocycles. The summed E-state index contributed by atoms with van der Waals surface area (Å²) in [7, 11) is 0. The van der Waals surface area contributed by atoms with E-state index >= 15 is 0 Å². The smallest absolute Gasteiger partial charge is 0.265 e. The van der Waals surface area contributed by atoms with Crippen LogP contribution in [0.3, 0.4) is 0 Å². The Labute approximate surface area is 73.7 Å². The van der Waals surface area contributed by atoms with Gasteiger partial charge in [0.25, 0.3) is 5.70 Å². The lowest BCUT2D eigenvalue weighted by Crippen LogP contribution is -2.09. The summed E-state index contributed by atoms with van der Waals surface area (Å²) in [4.78, 5) is 20.3. The van der Waals surface area contributed by atoms with Gasteiger partial charge in [0.05, 0.1) is 10.8 Å². The van der Waals surface area contributed by atoms with Crippen LogP contribution in [0.2, 0.25) is 0 Å². The minimum absolute atomic E-state index is 0.0177. The van der Waals surface area contributed by atoms with Crippen molar-refractivity contribution in [1.82, 2.24) is 0 Å². The summed E-state index contributed by atoms with van der Waals surface area (Å²) in [5, 5.41) is 9.72. The van der Waals surface area contributed by atoms with Crippen LogP contribution in [-0.2, 0) is 4.79 Å². The van der Waals surface area contributed by atoms with Crippen LogP contribution in [0.15, 0.2) is 23.9 Å². The molecule has 0 aromatic carbocycles. The van der Waals surface area contributed by atoms with Crippen LogP contribution in [0.1, 0.15) is 6.42 Å². The molecule has 0 aliphatic heterocycles. The second-order valence-electron chi connectivity index (χ2n) is 2.39. The molecule has 0 spiro atoms. The molecule has 5 heteroatoms. The molecule has 1 atom stereocenters. The zero-order valence-corrected chi connectivity index (χ0v) is 6.82. The molecule has 0 radical (unpaired) electrons. The quantitative estimate of drug-likeness (QED) is 0.374. The normalized spacial score (nSPS) is 21.8. The molecule has 0 bridgehead atoms. The number of nitro groups is 1. The monoisotopic (exact) mass is 187 g/mol. The average Bonchev–Trinajstić information content (AvgIpc) is 2.04. The molecule has 1 unspecified atom stereocenters. The molecule has 4 nitrogen and oxygen atoms in total. The van der Waals surface area contributed by atoms with Crippen LogP contribution in [0.4, 0.5) is 0 Å². The van der Waals surface area contributed by atoms with Crippen molar-refractivity contribution < 1.29 is 9.72 Å². The molecule has 64 valence electrons. The maximum atomic E-state index is 10.6. The molecule has 0 saturated heterocycles. The fraction of sp³-hybridized carbons (Fsp3) is 0.286. The molecule has 0 N–H and O–H groups in total. The van der Waals surface area contributed by atoms with Crippen LogP contribution in [0.5, 0.6) is 0 Å². The van der Waals surface area contributed by atoms with Gasteiger partial charge in [0, 0.05) is 6.08 Å². The first-order valence-electron chi connectivity index (χ1n) is 3.33. The second kappa shape index (κ2) is 3.49. The molecular formula is C7H6ClNO3. The van der Waals surface area contributed by atoms with Crippen LogP contribution < -0.4 is 0 Å². The van der Waals surface area contributed by atoms with E-state index in [0.29, 0.717) is 6.42 Å². The number of allylic oxidation sites excluding steroid dienone is 3. The summed E-state index contributed by atoms with van der Waals surface area (Å²) in [5.41, 5.74) is 0.0177. The largest absolute Gasteiger partial charge is 0.281 e. The van der Waals surface area contributed by atoms with Crippen LogP contribution in [0.25, 0.3) is 0 Å². The first-order chi connectivity index (χ1) is 5.61. The summed E-state index contributed by atoms with van der Waals surface area (Å²) in [5.74, 6) is -0.407. The average molecular weight is 188 g/mol. The van der Waals surface area contributed by atoms with Gasteiger partial charge in [-0.05, 0) is 24.1 Å². The van der Waals surface area contributed by atoms with Crippen molar-refractivity contribution in [2.24, 2.45) is 5.92 Å². The third-order valence-corrected chi connectivity index (χ3v) is 1.86. The van der Waals surface area contributed by atoms with Crippen molar-refractivity contribution in [3.05, 3.63) is 34.0 Å². The lowest BCUT2D eigenvalue weighted by molar-refractivity contribution is -0.419. The first-order valence-corrected chi connectivity index (χ1v) is 3.71. The van der Waals surface area contributed by atoms with E-state index in [0.717, 1.165) is 0 Å². The van der Waals surface area contributed by atoms with Crippen molar-refractivity contribution in [2.75, 3.05) is 0 Å². The topological polar surface area (TPSA) is 60.2 Å². The Bertz CT molecular complexity index is 282.